The first-order chi connectivity index (χ1) is 39.7. The average Bonchev–Trinajstić information content (AvgIpc) is 4.22. The fourth-order valence-corrected chi connectivity index (χ4v) is 10.4. The molecule has 0 bridgehead atoms. The fraction of sp³-hybridized carbons (Fsp3) is 0.241. The molecule has 2 amide bonds. The smallest absolute Gasteiger partial charge is 0.246 e. The molecular weight excluding hydrogens is 1050 g/mol. The maximum Gasteiger partial charge on any atom is 0.246 e. The first kappa shape index (κ1) is 52.4. The molecule has 0 spiro atoms. The molecule has 0 unspecified atom stereocenters. The molecule has 6 aromatic heterocycles. The van der Waals surface area contributed by atoms with E-state index in [4.69, 9.17) is 19.4 Å². The number of aryl methyl sites for hydroxylation is 3. The zero-order chi connectivity index (χ0) is 56.8. The molecule has 8 heterocycles. The Hall–Kier alpha value is -10.3. The van der Waals surface area contributed by atoms with Crippen LogP contribution in [0, 0.1) is 25.5 Å². The van der Waals surface area contributed by atoms with E-state index in [1.165, 1.54) is 41.6 Å². The van der Waals surface area contributed by atoms with Crippen molar-refractivity contribution in [2.24, 2.45) is 7.05 Å². The number of pyridine rings is 2. The molecule has 4 aromatic carbocycles. The molecular formula is C58H54F2N18O4. The SMILES string of the molecule is C=CC(=O)N1CCN(c2ccc3ncnc(Nc4ccc(Oc5cc(F)c6c(c5)nnn6CC=CC(=O)N5CCN(c6ccc7ncnc(Nc8cc(C)c(Oc9ccc%10c(c9)nnn%10C)c(F)c8)c7n6)C[C@H]5C)c(C)c4)c3n2)C[C@H]1C. The molecule has 82 heavy (non-hydrogen) atoms. The van der Waals surface area contributed by atoms with Gasteiger partial charge in [-0.3, -0.25) is 9.59 Å². The van der Waals surface area contributed by atoms with E-state index in [-0.39, 0.29) is 53.0 Å². The highest BCUT2D eigenvalue weighted by Gasteiger charge is 2.29. The molecule has 2 aliphatic rings. The van der Waals surface area contributed by atoms with Crippen LogP contribution in [0.1, 0.15) is 25.0 Å². The van der Waals surface area contributed by atoms with Crippen molar-refractivity contribution >= 4 is 90.6 Å². The van der Waals surface area contributed by atoms with Crippen LogP contribution in [0.3, 0.4) is 0 Å². The number of hydrogen-bond acceptors (Lipinski definition) is 18. The van der Waals surface area contributed by atoms with Crippen LogP contribution >= 0.6 is 0 Å². The Morgan fingerprint density at radius 2 is 1.29 bits per heavy atom. The van der Waals surface area contributed by atoms with Crippen LogP contribution in [-0.2, 0) is 23.2 Å². The lowest BCUT2D eigenvalue weighted by molar-refractivity contribution is -0.129. The molecule has 12 rings (SSSR count). The Kier molecular flexibility index (Phi) is 13.9. The summed E-state index contributed by atoms with van der Waals surface area (Å²) < 4.78 is 46.8. The topological polar surface area (TPSA) is 228 Å². The standard InChI is InChI=1S/C58H54F2N18O4/c1-7-51(79)76-21-19-74(29-35(76)4)49-16-12-43-53(67-49)57(63-31-61-43)65-37-10-15-48(33(2)23-37)81-40-26-41(59)55-46(28-40)70-72-78(55)18-8-9-52(80)77-22-20-75(30-36(77)5)50-17-13-44-54(68-50)58(64-32-62-44)66-38-24-34(3)56(42(60)25-38)82-39-11-14-47-45(27-39)69-71-73(47)6/h7-17,23-28,31-32,35-36H,1,18-22,29-30H2,2-6H3,(H,61,63,65)(H,62,64,66)/t35-,36-/m1/s1. The van der Waals surface area contributed by atoms with Gasteiger partial charge in [-0.1, -0.05) is 23.1 Å². The number of allylic oxidation sites excluding steroid dienone is 1. The summed E-state index contributed by atoms with van der Waals surface area (Å²) in [5.41, 5.74) is 6.76. The lowest BCUT2D eigenvalue weighted by Crippen LogP contribution is -2.54. The highest BCUT2D eigenvalue weighted by molar-refractivity contribution is 5.91. The highest BCUT2D eigenvalue weighted by Crippen LogP contribution is 2.36. The molecule has 2 N–H and O–H groups in total. The summed E-state index contributed by atoms with van der Waals surface area (Å²) in [4.78, 5) is 61.5. The number of anilines is 6. The second-order valence-corrected chi connectivity index (χ2v) is 20.2. The van der Waals surface area contributed by atoms with E-state index in [0.29, 0.717) is 107 Å². The van der Waals surface area contributed by atoms with Crippen molar-refractivity contribution in [3.05, 3.63) is 145 Å². The molecule has 0 aliphatic carbocycles. The monoisotopic (exact) mass is 1100 g/mol. The number of nitrogens with one attached hydrogen (secondary N) is 2. The summed E-state index contributed by atoms with van der Waals surface area (Å²) in [7, 11) is 1.79. The van der Waals surface area contributed by atoms with Crippen LogP contribution in [0.5, 0.6) is 23.0 Å². The number of ether oxygens (including phenoxy) is 2. The number of carbonyl (C=O) groups excluding carboxylic acids is 2. The zero-order valence-electron chi connectivity index (χ0n) is 45.3. The minimum atomic E-state index is -0.586. The maximum absolute atomic E-state index is 15.9. The lowest BCUT2D eigenvalue weighted by atomic mass is 10.1. The number of rotatable bonds is 14. The minimum absolute atomic E-state index is 0.0160. The molecule has 10 aromatic rings. The molecule has 0 radical (unpaired) electrons. The van der Waals surface area contributed by atoms with Crippen LogP contribution in [0.4, 0.5) is 43.4 Å². The van der Waals surface area contributed by atoms with Crippen molar-refractivity contribution in [1.82, 2.24) is 69.7 Å². The molecule has 2 atom stereocenters. The van der Waals surface area contributed by atoms with Crippen LogP contribution in [0.15, 0.2) is 122 Å². The van der Waals surface area contributed by atoms with Crippen LogP contribution in [-0.4, -0.2) is 133 Å². The van der Waals surface area contributed by atoms with Gasteiger partial charge < -0.3 is 39.7 Å². The minimum Gasteiger partial charge on any atom is -0.457 e. The predicted molar refractivity (Wildman–Crippen MR) is 306 cm³/mol. The van der Waals surface area contributed by atoms with E-state index >= 15 is 8.78 Å². The Bertz CT molecular complexity index is 4170. The molecule has 2 aliphatic heterocycles. The second kappa shape index (κ2) is 21.8. The second-order valence-electron chi connectivity index (χ2n) is 20.2. The first-order valence-corrected chi connectivity index (χ1v) is 26.5. The number of nitrogens with zero attached hydrogens (tertiary/aromatic N) is 16. The summed E-state index contributed by atoms with van der Waals surface area (Å²) in [6.07, 6.45) is 7.36. The lowest BCUT2D eigenvalue weighted by Gasteiger charge is -2.40. The van der Waals surface area contributed by atoms with Gasteiger partial charge in [-0.15, -0.1) is 10.2 Å². The van der Waals surface area contributed by atoms with Gasteiger partial charge in [0.2, 0.25) is 11.8 Å². The maximum atomic E-state index is 15.9. The number of carbonyl (C=O) groups is 2. The van der Waals surface area contributed by atoms with Gasteiger partial charge in [0.25, 0.3) is 0 Å². The quantitative estimate of drug-likeness (QED) is 0.0969. The molecule has 22 nitrogen and oxygen atoms in total. The van der Waals surface area contributed by atoms with Crippen LogP contribution in [0.2, 0.25) is 0 Å². The Balaban J connectivity index is 0.657. The molecule has 2 fully saturated rings. The Morgan fingerprint density at radius 3 is 1.94 bits per heavy atom. The third-order valence-electron chi connectivity index (χ3n) is 14.6. The predicted octanol–water partition coefficient (Wildman–Crippen LogP) is 8.87. The van der Waals surface area contributed by atoms with Gasteiger partial charge in [-0.25, -0.2) is 48.0 Å². The molecule has 24 heteroatoms. The third kappa shape index (κ3) is 10.4. The van der Waals surface area contributed by atoms with Gasteiger partial charge in [0.15, 0.2) is 29.0 Å². The van der Waals surface area contributed by atoms with E-state index in [1.807, 2.05) is 68.1 Å². The number of piperazine rings is 2. The van der Waals surface area contributed by atoms with Gasteiger partial charge in [-0.05, 0) is 106 Å². The summed E-state index contributed by atoms with van der Waals surface area (Å²) in [5, 5.41) is 23.2. The average molecular weight is 1110 g/mol. The van der Waals surface area contributed by atoms with Crippen molar-refractivity contribution in [2.75, 3.05) is 59.7 Å². The number of aromatic nitrogens is 12. The van der Waals surface area contributed by atoms with Gasteiger partial charge in [-0.2, -0.15) is 0 Å². The van der Waals surface area contributed by atoms with Crippen LogP contribution < -0.4 is 29.9 Å². The van der Waals surface area contributed by atoms with Crippen molar-refractivity contribution in [1.29, 1.82) is 0 Å². The summed E-state index contributed by atoms with van der Waals surface area (Å²) in [6.45, 7) is 14.6. The van der Waals surface area contributed by atoms with Crippen molar-refractivity contribution in [3.8, 4) is 23.0 Å². The highest BCUT2D eigenvalue weighted by atomic mass is 19.1. The zero-order valence-corrected chi connectivity index (χ0v) is 45.3. The number of halogens is 2. The van der Waals surface area contributed by atoms with Gasteiger partial charge in [0.05, 0.1) is 23.1 Å². The summed E-state index contributed by atoms with van der Waals surface area (Å²) in [6, 6.07) is 24.2. The third-order valence-corrected chi connectivity index (χ3v) is 14.6. The normalized spacial score (nSPS) is 15.7. The van der Waals surface area contributed by atoms with Crippen LogP contribution in [0.25, 0.3) is 44.1 Å². The Morgan fingerprint density at radius 1 is 0.659 bits per heavy atom. The fourth-order valence-electron chi connectivity index (χ4n) is 10.4. The summed E-state index contributed by atoms with van der Waals surface area (Å²) >= 11 is 0. The number of amides is 2. The molecule has 0 saturated carbocycles. The number of hydrogen-bond donors (Lipinski definition) is 2. The van der Waals surface area contributed by atoms with Crippen molar-refractivity contribution < 1.29 is 27.8 Å². The van der Waals surface area contributed by atoms with E-state index in [9.17, 15) is 9.59 Å². The largest absolute Gasteiger partial charge is 0.457 e. The molecule has 414 valence electrons. The number of fused-ring (bicyclic) bond motifs is 4. The van der Waals surface area contributed by atoms with E-state index in [1.54, 1.807) is 60.0 Å². The first-order valence-electron chi connectivity index (χ1n) is 26.5. The van der Waals surface area contributed by atoms with Crippen molar-refractivity contribution in [3.63, 3.8) is 0 Å². The van der Waals surface area contributed by atoms with Crippen molar-refractivity contribution in [2.45, 2.75) is 46.3 Å². The van der Waals surface area contributed by atoms with Gasteiger partial charge in [0.1, 0.15) is 69.1 Å². The summed E-state index contributed by atoms with van der Waals surface area (Å²) in [5.74, 6) is 2.16. The van der Waals surface area contributed by atoms with Gasteiger partial charge in [0, 0.05) is 100 Å². The Labute approximate surface area is 467 Å². The van der Waals surface area contributed by atoms with Gasteiger partial charge >= 0.3 is 0 Å². The molecule has 2 saturated heterocycles. The van der Waals surface area contributed by atoms with E-state index in [0.717, 1.165) is 22.6 Å². The van der Waals surface area contributed by atoms with E-state index < -0.39 is 11.6 Å². The number of benzene rings is 4. The van der Waals surface area contributed by atoms with E-state index in [2.05, 4.69) is 67.6 Å².